The van der Waals surface area contributed by atoms with Crippen LogP contribution in [0.4, 0.5) is 5.69 Å². The third kappa shape index (κ3) is 5.65. The van der Waals surface area contributed by atoms with Gasteiger partial charge in [-0.05, 0) is 56.0 Å². The van der Waals surface area contributed by atoms with E-state index in [0.717, 1.165) is 16.8 Å². The van der Waals surface area contributed by atoms with E-state index in [0.29, 0.717) is 42.4 Å². The van der Waals surface area contributed by atoms with Crippen LogP contribution in [0.2, 0.25) is 5.02 Å². The molecule has 1 N–H and O–H groups in total. The van der Waals surface area contributed by atoms with Crippen molar-refractivity contribution in [2.24, 2.45) is 4.99 Å². The maximum Gasteiger partial charge on any atom is 0.244 e. The maximum atomic E-state index is 13.4. The number of thioether (sulfide) groups is 1. The van der Waals surface area contributed by atoms with E-state index in [2.05, 4.69) is 0 Å². The van der Waals surface area contributed by atoms with Gasteiger partial charge >= 0.3 is 0 Å². The third-order valence-corrected chi connectivity index (χ3v) is 9.54. The summed E-state index contributed by atoms with van der Waals surface area (Å²) < 4.78 is 28.2. The van der Waals surface area contributed by atoms with E-state index < -0.39 is 15.7 Å². The van der Waals surface area contributed by atoms with Crippen molar-refractivity contribution >= 4 is 61.2 Å². The molecule has 6 nitrogen and oxygen atoms in total. The van der Waals surface area contributed by atoms with Gasteiger partial charge in [-0.2, -0.15) is 4.31 Å². The van der Waals surface area contributed by atoms with Crippen molar-refractivity contribution in [2.75, 3.05) is 25.9 Å². The second-order valence-corrected chi connectivity index (χ2v) is 11.6. The number of hydrogen-bond acceptors (Lipinski definition) is 5. The molecule has 0 bridgehead atoms. The van der Waals surface area contributed by atoms with Gasteiger partial charge in [0, 0.05) is 25.7 Å². The predicted molar refractivity (Wildman–Crippen MR) is 148 cm³/mol. The summed E-state index contributed by atoms with van der Waals surface area (Å²) in [6, 6.07) is 10.7. The molecule has 1 fully saturated rings. The van der Waals surface area contributed by atoms with Gasteiger partial charge in [0.2, 0.25) is 10.0 Å². The number of sulfonamides is 1. The molecule has 34 heavy (non-hydrogen) atoms. The van der Waals surface area contributed by atoms with Gasteiger partial charge in [-0.25, -0.2) is 13.4 Å². The first kappa shape index (κ1) is 29.1. The van der Waals surface area contributed by atoms with Crippen LogP contribution in [0.25, 0.3) is 0 Å². The molecule has 2 aromatic rings. The van der Waals surface area contributed by atoms with Crippen molar-refractivity contribution in [1.82, 2.24) is 9.21 Å². The highest BCUT2D eigenvalue weighted by Gasteiger charge is 2.43. The maximum absolute atomic E-state index is 13.4. The first-order chi connectivity index (χ1) is 15.6. The van der Waals surface area contributed by atoms with Gasteiger partial charge in [-0.1, -0.05) is 55.4 Å². The SMILES string of the molecule is Br.CCCN(CCC)S(=O)(=O)c1cc(C2(O)CSC(=Nc3cccc(C)c3C)N2C)ccc1Cl. The molecule has 0 amide bonds. The van der Waals surface area contributed by atoms with Crippen molar-refractivity contribution in [3.63, 3.8) is 0 Å². The quantitative estimate of drug-likeness (QED) is 0.417. The molecule has 2 aromatic carbocycles. The number of nitrogens with zero attached hydrogens (tertiary/aromatic N) is 3. The lowest BCUT2D eigenvalue weighted by atomic mass is 10.0. The zero-order valence-electron chi connectivity index (χ0n) is 20.2. The Labute approximate surface area is 223 Å². The zero-order valence-corrected chi connectivity index (χ0v) is 24.3. The van der Waals surface area contributed by atoms with Gasteiger partial charge < -0.3 is 10.0 Å². The number of benzene rings is 2. The lowest BCUT2D eigenvalue weighted by Crippen LogP contribution is -2.42. The van der Waals surface area contributed by atoms with E-state index in [1.165, 1.54) is 22.1 Å². The standard InChI is InChI=1S/C24H32ClN3O3S2.BrH/c1-6-13-28(14-7-2)33(30,31)22-15-19(11-12-20(22)25)24(29)16-32-23(27(24)5)26-21-10-8-9-17(3)18(21)4;/h8-12,15,29H,6-7,13-14,16H2,1-5H3;1H. The summed E-state index contributed by atoms with van der Waals surface area (Å²) in [6.07, 6.45) is 1.41. The molecule has 0 spiro atoms. The summed E-state index contributed by atoms with van der Waals surface area (Å²) >= 11 is 7.79. The van der Waals surface area contributed by atoms with Gasteiger partial charge in [0.05, 0.1) is 16.5 Å². The molecule has 0 aliphatic carbocycles. The fourth-order valence-electron chi connectivity index (χ4n) is 3.80. The summed E-state index contributed by atoms with van der Waals surface area (Å²) in [5, 5.41) is 12.4. The van der Waals surface area contributed by atoms with Crippen molar-refractivity contribution in [2.45, 2.75) is 51.2 Å². The first-order valence-electron chi connectivity index (χ1n) is 11.1. The molecular formula is C24H33BrClN3O3S2. The minimum atomic E-state index is -3.79. The predicted octanol–water partition coefficient (Wildman–Crippen LogP) is 5.86. The number of halogens is 2. The third-order valence-electron chi connectivity index (χ3n) is 5.99. The fraction of sp³-hybridized carbons (Fsp3) is 0.458. The van der Waals surface area contributed by atoms with Gasteiger partial charge in [-0.3, -0.25) is 0 Å². The lowest BCUT2D eigenvalue weighted by Gasteiger charge is -2.32. The molecule has 10 heteroatoms. The number of amidine groups is 1. The molecule has 188 valence electrons. The van der Waals surface area contributed by atoms with Crippen molar-refractivity contribution < 1.29 is 13.5 Å². The van der Waals surface area contributed by atoms with Gasteiger partial charge in [-0.15, -0.1) is 17.0 Å². The van der Waals surface area contributed by atoms with E-state index in [9.17, 15) is 13.5 Å². The Morgan fingerprint density at radius 1 is 1.18 bits per heavy atom. The van der Waals surface area contributed by atoms with Crippen LogP contribution in [-0.2, 0) is 15.7 Å². The summed E-state index contributed by atoms with van der Waals surface area (Å²) in [5.41, 5.74) is 2.15. The highest BCUT2D eigenvalue weighted by atomic mass is 79.9. The van der Waals surface area contributed by atoms with Crippen LogP contribution in [0, 0.1) is 13.8 Å². The highest BCUT2D eigenvalue weighted by molar-refractivity contribution is 8.93. The second kappa shape index (κ2) is 11.8. The average molecular weight is 591 g/mol. The van der Waals surface area contributed by atoms with Gasteiger partial charge in [0.25, 0.3) is 0 Å². The van der Waals surface area contributed by atoms with Crippen LogP contribution in [0.3, 0.4) is 0 Å². The first-order valence-corrected chi connectivity index (χ1v) is 13.9. The largest absolute Gasteiger partial charge is 0.366 e. The molecule has 0 saturated carbocycles. The molecule has 1 unspecified atom stereocenters. The Balaban J connectivity index is 0.00000408. The molecule has 0 aromatic heterocycles. The number of hydrogen-bond donors (Lipinski definition) is 1. The van der Waals surface area contributed by atoms with Crippen molar-refractivity contribution in [1.29, 1.82) is 0 Å². The summed E-state index contributed by atoms with van der Waals surface area (Å²) in [5.74, 6) is 0.321. The zero-order chi connectivity index (χ0) is 24.4. The average Bonchev–Trinajstić information content (AvgIpc) is 3.06. The number of aryl methyl sites for hydroxylation is 1. The Kier molecular flexibility index (Phi) is 10.1. The van der Waals surface area contributed by atoms with Crippen LogP contribution in [-0.4, -0.2) is 53.8 Å². The number of rotatable bonds is 8. The van der Waals surface area contributed by atoms with E-state index in [4.69, 9.17) is 16.6 Å². The van der Waals surface area contributed by atoms with Gasteiger partial charge in [0.1, 0.15) is 4.90 Å². The van der Waals surface area contributed by atoms with Crippen LogP contribution in [0.15, 0.2) is 46.3 Å². The normalized spacial score (nSPS) is 19.6. The van der Waals surface area contributed by atoms with Crippen molar-refractivity contribution in [3.8, 4) is 0 Å². The summed E-state index contributed by atoms with van der Waals surface area (Å²) in [6.45, 7) is 8.79. The van der Waals surface area contributed by atoms with Crippen LogP contribution < -0.4 is 0 Å². The van der Waals surface area contributed by atoms with E-state index in [1.807, 2.05) is 45.9 Å². The van der Waals surface area contributed by atoms with Gasteiger partial charge in [0.15, 0.2) is 10.9 Å². The minimum absolute atomic E-state index is 0. The Morgan fingerprint density at radius 3 is 2.44 bits per heavy atom. The Hall–Kier alpha value is -1.10. The molecule has 1 saturated heterocycles. The number of aliphatic imine (C=N–C) groups is 1. The lowest BCUT2D eigenvalue weighted by molar-refractivity contribution is -0.0349. The van der Waals surface area contributed by atoms with E-state index >= 15 is 0 Å². The Bertz CT molecular complexity index is 1150. The molecule has 1 heterocycles. The van der Waals surface area contributed by atoms with Crippen LogP contribution >= 0.6 is 40.3 Å². The van der Waals surface area contributed by atoms with Crippen molar-refractivity contribution in [3.05, 3.63) is 58.1 Å². The Morgan fingerprint density at radius 2 is 1.82 bits per heavy atom. The van der Waals surface area contributed by atoms with E-state index in [1.54, 1.807) is 24.1 Å². The number of aliphatic hydroxyl groups is 1. The van der Waals surface area contributed by atoms with E-state index in [-0.39, 0.29) is 26.9 Å². The molecule has 1 aliphatic rings. The molecular weight excluding hydrogens is 558 g/mol. The molecule has 1 aliphatic heterocycles. The second-order valence-electron chi connectivity index (χ2n) is 8.33. The van der Waals surface area contributed by atoms with Crippen LogP contribution in [0.1, 0.15) is 43.4 Å². The minimum Gasteiger partial charge on any atom is -0.366 e. The highest BCUT2D eigenvalue weighted by Crippen LogP contribution is 2.41. The molecule has 3 rings (SSSR count). The smallest absolute Gasteiger partial charge is 0.244 e. The monoisotopic (exact) mass is 589 g/mol. The topological polar surface area (TPSA) is 73.2 Å². The summed E-state index contributed by atoms with van der Waals surface area (Å²) in [7, 11) is -2.02. The van der Waals surface area contributed by atoms with Crippen LogP contribution in [0.5, 0.6) is 0 Å². The molecule has 1 atom stereocenters. The molecule has 0 radical (unpaired) electrons. The summed E-state index contributed by atoms with van der Waals surface area (Å²) in [4.78, 5) is 6.51. The fourth-order valence-corrected chi connectivity index (χ4v) is 7.12.